The van der Waals surface area contributed by atoms with Crippen LogP contribution >= 0.6 is 0 Å². The Morgan fingerprint density at radius 2 is 1.85 bits per heavy atom. The lowest BCUT2D eigenvalue weighted by Gasteiger charge is -2.46. The molecular weight excluding hydrogens is 773 g/mol. The summed E-state index contributed by atoms with van der Waals surface area (Å²) in [6.45, 7) is 14.5. The number of rotatable bonds is 11. The zero-order chi connectivity index (χ0) is 43.3. The average Bonchev–Trinajstić information content (AvgIpc) is 4.01. The van der Waals surface area contributed by atoms with Crippen LogP contribution in [-0.4, -0.2) is 127 Å². The second-order valence-electron chi connectivity index (χ2n) is 17.2. The highest BCUT2D eigenvalue weighted by molar-refractivity contribution is 6.00. The Balaban J connectivity index is 1.20. The maximum atomic E-state index is 14.4. The highest BCUT2D eigenvalue weighted by atomic mass is 16.7. The van der Waals surface area contributed by atoms with Crippen LogP contribution in [0.1, 0.15) is 86.6 Å². The van der Waals surface area contributed by atoms with Crippen LogP contribution < -0.4 is 11.1 Å². The van der Waals surface area contributed by atoms with Crippen molar-refractivity contribution in [1.82, 2.24) is 34.8 Å². The second kappa shape index (κ2) is 19.5. The Kier molecular flexibility index (Phi) is 14.7. The number of anilines is 1. The zero-order valence-electron chi connectivity index (χ0n) is 36.2. The minimum Gasteiger partial charge on any atom is -0.458 e. The standard InChI is InChI=1S/C43H64N8O9/c1-9-34-38-35(51(42(55)59-38)17-11-10-16-50-23-32(47-48-50)30-13-12-14-31(44)20-30)29(6)46-22-25(2)21-43(7,56-8)39(27(4)36(52)28(5)40(54)58-34)60-41-37(53)33(19-26(3)57-41)49-18-15-45-24-49/h12-15,18,20,23-29,33-35,37-39,41,46,53H,9-11,16-17,19,21-22,44H2,1-8H3/t25-,26?,27+,28-,29-,33?,34-,35-,37?,38-,39-,41+,43-/m1/s1. The van der Waals surface area contributed by atoms with Crippen LogP contribution in [0.3, 0.4) is 0 Å². The van der Waals surface area contributed by atoms with Crippen LogP contribution in [0.2, 0.25) is 0 Å². The first-order chi connectivity index (χ1) is 28.6. The molecule has 0 saturated carbocycles. The molecule has 4 N–H and O–H groups in total. The summed E-state index contributed by atoms with van der Waals surface area (Å²) in [6.07, 6.45) is 4.25. The minimum atomic E-state index is -1.18. The molecule has 3 aliphatic rings. The SMILES string of the molecule is CC[C@H]1OC(=O)[C@H](C)C(=O)[C@H](C)[C@@H](O[C@@H]2OC(C)CC(n3ccnc3)C2O)[C@](C)(OC)C[C@@H](C)CN[C@H](C)[C@@H]2[C@@H]1OC(=O)N2CCCCn1cc(-c2cccc(N)c2)nn1. The molecule has 13 atom stereocenters. The Hall–Kier alpha value is -4.42. The first-order valence-corrected chi connectivity index (χ1v) is 21.4. The molecule has 0 spiro atoms. The van der Waals surface area contributed by atoms with Crippen LogP contribution in [0.5, 0.6) is 0 Å². The van der Waals surface area contributed by atoms with Gasteiger partial charge in [0.15, 0.2) is 18.2 Å². The molecule has 1 aromatic carbocycles. The number of amides is 1. The number of carbonyl (C=O) groups excluding carboxylic acids is 3. The first-order valence-electron chi connectivity index (χ1n) is 21.4. The number of unbranched alkanes of at least 4 members (excludes halogenated alkanes) is 1. The van der Waals surface area contributed by atoms with E-state index in [-0.39, 0.29) is 24.1 Å². The topological polar surface area (TPSA) is 207 Å². The van der Waals surface area contributed by atoms with Gasteiger partial charge in [-0.15, -0.1) is 5.10 Å². The van der Waals surface area contributed by atoms with Gasteiger partial charge in [-0.2, -0.15) is 0 Å². The molecule has 6 rings (SSSR count). The minimum absolute atomic E-state index is 0.0205. The number of nitrogens with two attached hydrogens (primary N) is 1. The summed E-state index contributed by atoms with van der Waals surface area (Å²) in [6, 6.07) is 6.37. The molecule has 3 saturated heterocycles. The van der Waals surface area contributed by atoms with Crippen LogP contribution in [0.15, 0.2) is 49.2 Å². The summed E-state index contributed by atoms with van der Waals surface area (Å²) in [5.74, 6) is -3.21. The van der Waals surface area contributed by atoms with Crippen molar-refractivity contribution >= 4 is 23.5 Å². The van der Waals surface area contributed by atoms with Crippen LogP contribution in [0.25, 0.3) is 11.3 Å². The third-order valence-electron chi connectivity index (χ3n) is 12.6. The van der Waals surface area contributed by atoms with Gasteiger partial charge in [-0.25, -0.2) is 9.78 Å². The van der Waals surface area contributed by atoms with Crippen LogP contribution in [0.4, 0.5) is 10.5 Å². The molecule has 60 heavy (non-hydrogen) atoms. The van der Waals surface area contributed by atoms with Crippen molar-refractivity contribution < 1.29 is 43.2 Å². The van der Waals surface area contributed by atoms with Gasteiger partial charge < -0.3 is 44.4 Å². The fourth-order valence-electron chi connectivity index (χ4n) is 9.16. The molecule has 3 aliphatic heterocycles. The van der Waals surface area contributed by atoms with Crippen LogP contribution in [0, 0.1) is 17.8 Å². The number of methoxy groups -OCH3 is 1. The van der Waals surface area contributed by atoms with E-state index < -0.39 is 72.0 Å². The summed E-state index contributed by atoms with van der Waals surface area (Å²) < 4.78 is 34.9. The predicted octanol–water partition coefficient (Wildman–Crippen LogP) is 4.40. The zero-order valence-corrected chi connectivity index (χ0v) is 36.2. The number of aliphatic hydroxyl groups excluding tert-OH is 1. The average molecular weight is 837 g/mol. The van der Waals surface area contributed by atoms with E-state index in [1.807, 2.05) is 62.7 Å². The molecule has 0 radical (unpaired) electrons. The van der Waals surface area contributed by atoms with Crippen LogP contribution in [-0.2, 0) is 39.8 Å². The van der Waals surface area contributed by atoms with Crippen molar-refractivity contribution in [3.63, 3.8) is 0 Å². The number of cyclic esters (lactones) is 1. The number of carbonyl (C=O) groups is 3. The van der Waals surface area contributed by atoms with Gasteiger partial charge in [0.1, 0.15) is 23.8 Å². The third-order valence-corrected chi connectivity index (χ3v) is 12.6. The number of nitrogen functional groups attached to an aromatic ring is 1. The van der Waals surface area contributed by atoms with Gasteiger partial charge >= 0.3 is 12.1 Å². The second-order valence-corrected chi connectivity index (χ2v) is 17.2. The lowest BCUT2D eigenvalue weighted by molar-refractivity contribution is -0.294. The van der Waals surface area contributed by atoms with E-state index in [2.05, 4.69) is 27.5 Å². The number of benzene rings is 1. The number of Topliss-reactive ketones (excluding diaryl/α,β-unsaturated/α-hetero) is 1. The quantitative estimate of drug-likeness (QED) is 0.106. The van der Waals surface area contributed by atoms with Gasteiger partial charge in [-0.3, -0.25) is 19.2 Å². The van der Waals surface area contributed by atoms with Crippen molar-refractivity contribution in [2.75, 3.05) is 25.9 Å². The molecule has 1 amide bonds. The van der Waals surface area contributed by atoms with Crippen molar-refractivity contribution in [1.29, 1.82) is 0 Å². The molecule has 0 bridgehead atoms. The molecular formula is C43H64N8O9. The van der Waals surface area contributed by atoms with Gasteiger partial charge in [0.2, 0.25) is 0 Å². The number of imidazole rings is 1. The number of aliphatic hydroxyl groups is 1. The van der Waals surface area contributed by atoms with Gasteiger partial charge in [0, 0.05) is 55.8 Å². The Morgan fingerprint density at radius 3 is 2.55 bits per heavy atom. The molecule has 2 aromatic heterocycles. The molecule has 5 heterocycles. The largest absolute Gasteiger partial charge is 0.458 e. The molecule has 330 valence electrons. The molecule has 0 aliphatic carbocycles. The number of ketones is 1. The molecule has 3 aromatic rings. The summed E-state index contributed by atoms with van der Waals surface area (Å²) >= 11 is 0. The predicted molar refractivity (Wildman–Crippen MR) is 221 cm³/mol. The van der Waals surface area contributed by atoms with Gasteiger partial charge in [-0.05, 0) is 84.4 Å². The number of hydrogen-bond acceptors (Lipinski definition) is 14. The number of aromatic nitrogens is 5. The number of esters is 1. The normalized spacial score (nSPS) is 34.7. The maximum Gasteiger partial charge on any atom is 0.410 e. The number of ether oxygens (including phenoxy) is 5. The Labute approximate surface area is 352 Å². The smallest absolute Gasteiger partial charge is 0.410 e. The van der Waals surface area contributed by atoms with Gasteiger partial charge in [-0.1, -0.05) is 38.1 Å². The van der Waals surface area contributed by atoms with E-state index in [9.17, 15) is 19.5 Å². The van der Waals surface area contributed by atoms with Crippen molar-refractivity contribution in [2.24, 2.45) is 17.8 Å². The van der Waals surface area contributed by atoms with Crippen molar-refractivity contribution in [2.45, 2.75) is 148 Å². The van der Waals surface area contributed by atoms with Gasteiger partial charge in [0.05, 0.1) is 42.4 Å². The summed E-state index contributed by atoms with van der Waals surface area (Å²) in [7, 11) is 1.58. The number of nitrogens with one attached hydrogen (secondary N) is 1. The fourth-order valence-corrected chi connectivity index (χ4v) is 9.16. The molecule has 17 nitrogen and oxygen atoms in total. The van der Waals surface area contributed by atoms with Crippen molar-refractivity contribution in [3.8, 4) is 11.3 Å². The van der Waals surface area contributed by atoms with E-state index in [0.29, 0.717) is 57.4 Å². The van der Waals surface area contributed by atoms with Crippen molar-refractivity contribution in [3.05, 3.63) is 49.2 Å². The number of fused-ring (bicyclic) bond motifs is 1. The highest BCUT2D eigenvalue weighted by Crippen LogP contribution is 2.38. The molecule has 3 fully saturated rings. The Bertz CT molecular complexity index is 1890. The number of aryl methyl sites for hydroxylation is 1. The summed E-state index contributed by atoms with van der Waals surface area (Å²) in [5, 5.41) is 23.9. The highest BCUT2D eigenvalue weighted by Gasteiger charge is 2.52. The molecule has 3 unspecified atom stereocenters. The van der Waals surface area contributed by atoms with E-state index >= 15 is 0 Å². The molecule has 17 heteroatoms. The summed E-state index contributed by atoms with van der Waals surface area (Å²) in [4.78, 5) is 47.8. The number of nitrogens with zero attached hydrogens (tertiary/aromatic N) is 6. The van der Waals surface area contributed by atoms with E-state index in [4.69, 9.17) is 29.4 Å². The maximum absolute atomic E-state index is 14.4. The van der Waals surface area contributed by atoms with E-state index in [1.165, 1.54) is 6.92 Å². The van der Waals surface area contributed by atoms with Gasteiger partial charge in [0.25, 0.3) is 0 Å². The van der Waals surface area contributed by atoms with E-state index in [0.717, 1.165) is 11.3 Å². The monoisotopic (exact) mass is 836 g/mol. The number of hydrogen-bond donors (Lipinski definition) is 3. The Morgan fingerprint density at radius 1 is 1.08 bits per heavy atom. The summed E-state index contributed by atoms with van der Waals surface area (Å²) in [5.41, 5.74) is 7.15. The lowest BCUT2D eigenvalue weighted by atomic mass is 9.78. The fraction of sp³-hybridized carbons (Fsp3) is 0.674. The third kappa shape index (κ3) is 10.0. The van der Waals surface area contributed by atoms with E-state index in [1.54, 1.807) is 42.3 Å². The first kappa shape index (κ1) is 45.1. The lowest BCUT2D eigenvalue weighted by Crippen LogP contribution is -2.56.